The summed E-state index contributed by atoms with van der Waals surface area (Å²) in [6.45, 7) is 5.58. The van der Waals surface area contributed by atoms with Crippen LogP contribution in [0.25, 0.3) is 0 Å². The van der Waals surface area contributed by atoms with Crippen LogP contribution in [0.15, 0.2) is 39.3 Å². The van der Waals surface area contributed by atoms with Crippen molar-refractivity contribution in [1.29, 1.82) is 0 Å². The third-order valence-electron chi connectivity index (χ3n) is 3.70. The molecule has 0 radical (unpaired) electrons. The second-order valence-electron chi connectivity index (χ2n) is 5.54. The number of aromatic nitrogens is 1. The SMILES string of the molecule is CCC(C)N(CC(=O)Nc1cc(C)on1)C(=O)c1ccccc1Br. The van der Waals surface area contributed by atoms with E-state index in [4.69, 9.17) is 4.52 Å². The van der Waals surface area contributed by atoms with E-state index in [1.807, 2.05) is 19.9 Å². The smallest absolute Gasteiger partial charge is 0.255 e. The number of halogens is 1. The molecule has 1 heterocycles. The molecule has 0 bridgehead atoms. The standard InChI is InChI=1S/C17H20BrN3O3/c1-4-11(2)21(17(23)13-7-5-6-8-14(13)18)10-16(22)19-15-9-12(3)24-20-15/h5-9,11H,4,10H2,1-3H3,(H,19,20,22). The Hall–Kier alpha value is -2.15. The number of amides is 2. The summed E-state index contributed by atoms with van der Waals surface area (Å²) in [6, 6.07) is 8.73. The molecule has 128 valence electrons. The molecule has 0 spiro atoms. The molecule has 2 aromatic rings. The second-order valence-corrected chi connectivity index (χ2v) is 6.40. The van der Waals surface area contributed by atoms with Gasteiger partial charge in [-0.05, 0) is 48.3 Å². The van der Waals surface area contributed by atoms with Crippen LogP contribution < -0.4 is 5.32 Å². The third kappa shape index (κ3) is 4.44. The van der Waals surface area contributed by atoms with Gasteiger partial charge >= 0.3 is 0 Å². The number of carbonyl (C=O) groups excluding carboxylic acids is 2. The summed E-state index contributed by atoms with van der Waals surface area (Å²) in [7, 11) is 0. The van der Waals surface area contributed by atoms with Crippen LogP contribution in [0.3, 0.4) is 0 Å². The minimum absolute atomic E-state index is 0.0545. The highest BCUT2D eigenvalue weighted by atomic mass is 79.9. The summed E-state index contributed by atoms with van der Waals surface area (Å²) in [5.41, 5.74) is 0.530. The Bertz CT molecular complexity index is 729. The molecule has 1 atom stereocenters. The summed E-state index contributed by atoms with van der Waals surface area (Å²) in [4.78, 5) is 26.7. The van der Waals surface area contributed by atoms with Crippen LogP contribution in [0.4, 0.5) is 5.82 Å². The molecule has 0 aliphatic rings. The molecule has 1 aromatic carbocycles. The fourth-order valence-electron chi connectivity index (χ4n) is 2.20. The molecular weight excluding hydrogens is 374 g/mol. The molecule has 7 heteroatoms. The molecule has 24 heavy (non-hydrogen) atoms. The first-order valence-corrected chi connectivity index (χ1v) is 8.50. The van der Waals surface area contributed by atoms with Crippen molar-refractivity contribution in [2.75, 3.05) is 11.9 Å². The van der Waals surface area contributed by atoms with Crippen molar-refractivity contribution >= 4 is 33.6 Å². The number of nitrogens with one attached hydrogen (secondary N) is 1. The zero-order valence-corrected chi connectivity index (χ0v) is 15.5. The molecule has 0 fully saturated rings. The molecule has 1 N–H and O–H groups in total. The number of benzene rings is 1. The van der Waals surface area contributed by atoms with Crippen LogP contribution in [0.2, 0.25) is 0 Å². The van der Waals surface area contributed by atoms with E-state index >= 15 is 0 Å². The molecule has 0 saturated heterocycles. The van der Waals surface area contributed by atoms with E-state index in [2.05, 4.69) is 26.4 Å². The number of hydrogen-bond donors (Lipinski definition) is 1. The van der Waals surface area contributed by atoms with Crippen LogP contribution in [0.5, 0.6) is 0 Å². The van der Waals surface area contributed by atoms with E-state index in [1.165, 1.54) is 0 Å². The number of carbonyl (C=O) groups is 2. The van der Waals surface area contributed by atoms with Crippen molar-refractivity contribution < 1.29 is 14.1 Å². The molecule has 0 saturated carbocycles. The van der Waals surface area contributed by atoms with Gasteiger partial charge < -0.3 is 14.7 Å². The molecule has 0 aliphatic heterocycles. The highest BCUT2D eigenvalue weighted by Gasteiger charge is 2.24. The predicted octanol–water partition coefficient (Wildman–Crippen LogP) is 3.62. The minimum Gasteiger partial charge on any atom is -0.360 e. The van der Waals surface area contributed by atoms with Crippen molar-refractivity contribution in [2.45, 2.75) is 33.2 Å². The Labute approximate surface area is 149 Å². The Kier molecular flexibility index (Phi) is 6.14. The van der Waals surface area contributed by atoms with Gasteiger partial charge in [0.2, 0.25) is 5.91 Å². The van der Waals surface area contributed by atoms with Gasteiger partial charge in [-0.1, -0.05) is 24.2 Å². The summed E-state index contributed by atoms with van der Waals surface area (Å²) in [6.07, 6.45) is 0.743. The fourth-order valence-corrected chi connectivity index (χ4v) is 2.65. The van der Waals surface area contributed by atoms with Gasteiger partial charge in [0.25, 0.3) is 5.91 Å². The molecular formula is C17H20BrN3O3. The highest BCUT2D eigenvalue weighted by molar-refractivity contribution is 9.10. The number of aryl methyl sites for hydroxylation is 1. The van der Waals surface area contributed by atoms with Crippen LogP contribution in [-0.4, -0.2) is 34.5 Å². The maximum absolute atomic E-state index is 12.8. The maximum Gasteiger partial charge on any atom is 0.255 e. The lowest BCUT2D eigenvalue weighted by molar-refractivity contribution is -0.117. The van der Waals surface area contributed by atoms with Gasteiger partial charge in [-0.3, -0.25) is 9.59 Å². The summed E-state index contributed by atoms with van der Waals surface area (Å²) in [5.74, 6) is 0.440. The van der Waals surface area contributed by atoms with E-state index in [0.29, 0.717) is 21.6 Å². The topological polar surface area (TPSA) is 75.4 Å². The van der Waals surface area contributed by atoms with Gasteiger partial charge in [-0.2, -0.15) is 0 Å². The van der Waals surface area contributed by atoms with Crippen LogP contribution in [-0.2, 0) is 4.79 Å². The minimum atomic E-state index is -0.316. The number of hydrogen-bond acceptors (Lipinski definition) is 4. The Balaban J connectivity index is 2.15. The van der Waals surface area contributed by atoms with Gasteiger partial charge in [0, 0.05) is 16.6 Å². The third-order valence-corrected chi connectivity index (χ3v) is 4.39. The molecule has 2 amide bonds. The highest BCUT2D eigenvalue weighted by Crippen LogP contribution is 2.20. The first-order chi connectivity index (χ1) is 11.4. The molecule has 2 rings (SSSR count). The van der Waals surface area contributed by atoms with Crippen molar-refractivity contribution in [3.63, 3.8) is 0 Å². The van der Waals surface area contributed by atoms with Gasteiger partial charge in [-0.25, -0.2) is 0 Å². The van der Waals surface area contributed by atoms with Crippen LogP contribution in [0, 0.1) is 6.92 Å². The lowest BCUT2D eigenvalue weighted by atomic mass is 10.1. The first kappa shape index (κ1) is 18.2. The number of anilines is 1. The quantitative estimate of drug-likeness (QED) is 0.812. The van der Waals surface area contributed by atoms with Gasteiger partial charge in [0.05, 0.1) is 5.56 Å². The first-order valence-electron chi connectivity index (χ1n) is 7.71. The zero-order chi connectivity index (χ0) is 17.7. The average molecular weight is 394 g/mol. The van der Waals surface area contributed by atoms with Crippen molar-refractivity contribution in [3.05, 3.63) is 46.1 Å². The Morgan fingerprint density at radius 1 is 1.38 bits per heavy atom. The van der Waals surface area contributed by atoms with Crippen LogP contribution in [0.1, 0.15) is 36.4 Å². The van der Waals surface area contributed by atoms with E-state index < -0.39 is 0 Å². The van der Waals surface area contributed by atoms with E-state index in [1.54, 1.807) is 36.1 Å². The monoisotopic (exact) mass is 393 g/mol. The maximum atomic E-state index is 12.8. The number of rotatable bonds is 6. The number of nitrogens with zero attached hydrogens (tertiary/aromatic N) is 2. The van der Waals surface area contributed by atoms with Crippen molar-refractivity contribution in [2.24, 2.45) is 0 Å². The largest absolute Gasteiger partial charge is 0.360 e. The van der Waals surface area contributed by atoms with E-state index in [-0.39, 0.29) is 24.4 Å². The summed E-state index contributed by atoms with van der Waals surface area (Å²) >= 11 is 3.39. The lowest BCUT2D eigenvalue weighted by Gasteiger charge is -2.28. The van der Waals surface area contributed by atoms with Crippen LogP contribution >= 0.6 is 15.9 Å². The molecule has 0 aliphatic carbocycles. The Morgan fingerprint density at radius 2 is 2.08 bits per heavy atom. The predicted molar refractivity (Wildman–Crippen MR) is 94.8 cm³/mol. The van der Waals surface area contributed by atoms with Gasteiger partial charge in [0.15, 0.2) is 5.82 Å². The van der Waals surface area contributed by atoms with E-state index in [9.17, 15) is 9.59 Å². The van der Waals surface area contributed by atoms with Crippen molar-refractivity contribution in [3.8, 4) is 0 Å². The summed E-state index contributed by atoms with van der Waals surface area (Å²) in [5, 5.41) is 6.37. The molecule has 6 nitrogen and oxygen atoms in total. The Morgan fingerprint density at radius 3 is 2.67 bits per heavy atom. The normalized spacial score (nSPS) is 11.8. The average Bonchev–Trinajstić information content (AvgIpc) is 2.96. The second kappa shape index (κ2) is 8.10. The zero-order valence-electron chi connectivity index (χ0n) is 13.9. The summed E-state index contributed by atoms with van der Waals surface area (Å²) < 4.78 is 5.62. The van der Waals surface area contributed by atoms with E-state index in [0.717, 1.165) is 6.42 Å². The van der Waals surface area contributed by atoms with Gasteiger partial charge in [-0.15, -0.1) is 0 Å². The molecule has 1 unspecified atom stereocenters. The van der Waals surface area contributed by atoms with Gasteiger partial charge in [0.1, 0.15) is 12.3 Å². The lowest BCUT2D eigenvalue weighted by Crippen LogP contribution is -2.43. The molecule has 1 aromatic heterocycles. The van der Waals surface area contributed by atoms with Crippen molar-refractivity contribution in [1.82, 2.24) is 10.1 Å². The fraction of sp³-hybridized carbons (Fsp3) is 0.353.